The smallest absolute Gasteiger partial charge is 0.215 e. The van der Waals surface area contributed by atoms with Crippen molar-refractivity contribution in [1.82, 2.24) is 9.78 Å². The molecule has 1 aromatic heterocycles. The summed E-state index contributed by atoms with van der Waals surface area (Å²) in [5.74, 6) is 5.99. The van der Waals surface area contributed by atoms with Crippen LogP contribution in [-0.4, -0.2) is 23.5 Å². The van der Waals surface area contributed by atoms with E-state index in [0.717, 1.165) is 30.0 Å². The van der Waals surface area contributed by atoms with E-state index in [-0.39, 0.29) is 5.41 Å². The van der Waals surface area contributed by atoms with Crippen LogP contribution >= 0.6 is 0 Å². The molecule has 15 heavy (non-hydrogen) atoms. The Hall–Kier alpha value is -1.07. The first-order chi connectivity index (χ1) is 7.14. The second-order valence-electron chi connectivity index (χ2n) is 4.18. The van der Waals surface area contributed by atoms with Gasteiger partial charge in [-0.2, -0.15) is 5.10 Å². The van der Waals surface area contributed by atoms with Crippen LogP contribution in [0.2, 0.25) is 0 Å². The molecule has 0 atom stereocenters. The maximum atomic E-state index is 5.37. The second-order valence-corrected chi connectivity index (χ2v) is 4.18. The summed E-state index contributed by atoms with van der Waals surface area (Å²) in [7, 11) is 3.55. The third-order valence-electron chi connectivity index (χ3n) is 3.11. The average molecular weight is 211 g/mol. The Morgan fingerprint density at radius 2 is 2.20 bits per heavy atom. The molecule has 2 N–H and O–H groups in total. The van der Waals surface area contributed by atoms with Gasteiger partial charge < -0.3 is 9.57 Å². The van der Waals surface area contributed by atoms with E-state index in [9.17, 15) is 0 Å². The molecule has 0 bridgehead atoms. The molecule has 0 aromatic carbocycles. The second kappa shape index (κ2) is 3.50. The number of hydrogen-bond acceptors (Lipinski definition) is 4. The number of rotatable bonds is 4. The molecule has 0 unspecified atom stereocenters. The van der Waals surface area contributed by atoms with Crippen molar-refractivity contribution in [3.63, 3.8) is 0 Å². The van der Waals surface area contributed by atoms with E-state index in [2.05, 4.69) is 5.10 Å². The number of aromatic nitrogens is 2. The number of methoxy groups -OCH3 is 1. The Balaban J connectivity index is 2.42. The van der Waals surface area contributed by atoms with Gasteiger partial charge in [0.15, 0.2) is 0 Å². The fraction of sp³-hybridized carbons (Fsp3) is 0.700. The minimum Gasteiger partial charge on any atom is -0.481 e. The standard InChI is InChI=1S/C10H17N3O2/c1-7-8(9(14-3)13(2)12-7)10(4-5-10)6-15-11/h4-6,11H2,1-3H3. The van der Waals surface area contributed by atoms with Crippen LogP contribution in [0.3, 0.4) is 0 Å². The van der Waals surface area contributed by atoms with E-state index >= 15 is 0 Å². The number of nitrogens with two attached hydrogens (primary N) is 1. The lowest BCUT2D eigenvalue weighted by Crippen LogP contribution is -2.19. The zero-order valence-corrected chi connectivity index (χ0v) is 9.41. The zero-order chi connectivity index (χ0) is 11.1. The lowest BCUT2D eigenvalue weighted by atomic mass is 9.97. The molecule has 0 saturated heterocycles. The van der Waals surface area contributed by atoms with Crippen LogP contribution in [0.25, 0.3) is 0 Å². The van der Waals surface area contributed by atoms with E-state index in [0.29, 0.717) is 6.61 Å². The van der Waals surface area contributed by atoms with Gasteiger partial charge in [0.1, 0.15) is 0 Å². The summed E-state index contributed by atoms with van der Waals surface area (Å²) >= 11 is 0. The number of hydrogen-bond donors (Lipinski definition) is 1. The third-order valence-corrected chi connectivity index (χ3v) is 3.11. The predicted octanol–water partition coefficient (Wildman–Crippen LogP) is 0.659. The molecule has 2 rings (SSSR count). The molecule has 0 spiro atoms. The Morgan fingerprint density at radius 1 is 1.53 bits per heavy atom. The maximum Gasteiger partial charge on any atom is 0.215 e. The van der Waals surface area contributed by atoms with Gasteiger partial charge in [-0.3, -0.25) is 0 Å². The summed E-state index contributed by atoms with van der Waals surface area (Å²) in [5.41, 5.74) is 2.19. The van der Waals surface area contributed by atoms with Crippen molar-refractivity contribution in [2.75, 3.05) is 13.7 Å². The van der Waals surface area contributed by atoms with Gasteiger partial charge in [0.05, 0.1) is 19.4 Å². The van der Waals surface area contributed by atoms with Gasteiger partial charge in [-0.05, 0) is 19.8 Å². The Labute approximate surface area is 89.1 Å². The van der Waals surface area contributed by atoms with Crippen LogP contribution < -0.4 is 10.6 Å². The van der Waals surface area contributed by atoms with Gasteiger partial charge in [0.25, 0.3) is 0 Å². The third kappa shape index (κ3) is 1.52. The molecular formula is C10H17N3O2. The van der Waals surface area contributed by atoms with E-state index in [1.165, 1.54) is 0 Å². The van der Waals surface area contributed by atoms with Crippen molar-refractivity contribution in [3.8, 4) is 5.88 Å². The van der Waals surface area contributed by atoms with Gasteiger partial charge in [-0.1, -0.05) is 0 Å². The van der Waals surface area contributed by atoms with E-state index < -0.39 is 0 Å². The molecule has 1 aliphatic rings. The fourth-order valence-electron chi connectivity index (χ4n) is 2.26. The first-order valence-electron chi connectivity index (χ1n) is 5.04. The highest BCUT2D eigenvalue weighted by Gasteiger charge is 2.49. The molecule has 1 aliphatic carbocycles. The minimum absolute atomic E-state index is 0.0401. The molecule has 1 heterocycles. The molecule has 1 fully saturated rings. The number of aryl methyl sites for hydroxylation is 2. The monoisotopic (exact) mass is 211 g/mol. The van der Waals surface area contributed by atoms with Gasteiger partial charge in [0.2, 0.25) is 5.88 Å². The number of ether oxygens (including phenoxy) is 1. The first-order valence-corrected chi connectivity index (χ1v) is 5.04. The van der Waals surface area contributed by atoms with Crippen molar-refractivity contribution >= 4 is 0 Å². The van der Waals surface area contributed by atoms with Crippen molar-refractivity contribution in [2.45, 2.75) is 25.2 Å². The van der Waals surface area contributed by atoms with Crippen LogP contribution in [0.5, 0.6) is 5.88 Å². The Morgan fingerprint density at radius 3 is 2.67 bits per heavy atom. The molecular weight excluding hydrogens is 194 g/mol. The van der Waals surface area contributed by atoms with E-state index in [1.54, 1.807) is 11.8 Å². The summed E-state index contributed by atoms with van der Waals surface area (Å²) in [6.07, 6.45) is 2.18. The highest BCUT2D eigenvalue weighted by molar-refractivity contribution is 5.42. The lowest BCUT2D eigenvalue weighted by molar-refractivity contribution is 0.115. The maximum absolute atomic E-state index is 5.37. The minimum atomic E-state index is 0.0401. The van der Waals surface area contributed by atoms with Crippen LogP contribution in [0, 0.1) is 6.92 Å². The van der Waals surface area contributed by atoms with Gasteiger partial charge in [-0.25, -0.2) is 10.6 Å². The summed E-state index contributed by atoms with van der Waals surface area (Å²) in [4.78, 5) is 4.79. The van der Waals surface area contributed by atoms with Crippen LogP contribution in [0.15, 0.2) is 0 Å². The van der Waals surface area contributed by atoms with Crippen molar-refractivity contribution < 1.29 is 9.57 Å². The van der Waals surface area contributed by atoms with E-state index in [4.69, 9.17) is 15.5 Å². The predicted molar refractivity (Wildman–Crippen MR) is 55.5 cm³/mol. The number of nitrogens with zero attached hydrogens (tertiary/aromatic N) is 2. The SMILES string of the molecule is COc1c(C2(CON)CC2)c(C)nn1C. The van der Waals surface area contributed by atoms with Crippen molar-refractivity contribution in [1.29, 1.82) is 0 Å². The van der Waals surface area contributed by atoms with Crippen molar-refractivity contribution in [2.24, 2.45) is 12.9 Å². The molecule has 84 valence electrons. The average Bonchev–Trinajstić information content (AvgIpc) is 2.88. The van der Waals surface area contributed by atoms with Crippen molar-refractivity contribution in [3.05, 3.63) is 11.3 Å². The summed E-state index contributed by atoms with van der Waals surface area (Å²) in [6, 6.07) is 0. The quantitative estimate of drug-likeness (QED) is 0.743. The first kappa shape index (κ1) is 10.4. The summed E-state index contributed by atoms with van der Waals surface area (Å²) < 4.78 is 7.14. The molecule has 1 aromatic rings. The fourth-order valence-corrected chi connectivity index (χ4v) is 2.26. The Kier molecular flexibility index (Phi) is 2.44. The summed E-state index contributed by atoms with van der Waals surface area (Å²) in [5, 5.41) is 4.37. The topological polar surface area (TPSA) is 62.3 Å². The highest BCUT2D eigenvalue weighted by atomic mass is 16.6. The normalized spacial score (nSPS) is 17.9. The molecule has 5 nitrogen and oxygen atoms in total. The zero-order valence-electron chi connectivity index (χ0n) is 9.41. The van der Waals surface area contributed by atoms with E-state index in [1.807, 2.05) is 14.0 Å². The Bertz CT molecular complexity index is 369. The largest absolute Gasteiger partial charge is 0.481 e. The van der Waals surface area contributed by atoms with Gasteiger partial charge in [-0.15, -0.1) is 0 Å². The lowest BCUT2D eigenvalue weighted by Gasteiger charge is -2.14. The van der Waals surface area contributed by atoms with Gasteiger partial charge >= 0.3 is 0 Å². The van der Waals surface area contributed by atoms with Crippen LogP contribution in [0.1, 0.15) is 24.1 Å². The van der Waals surface area contributed by atoms with Crippen LogP contribution in [-0.2, 0) is 17.3 Å². The van der Waals surface area contributed by atoms with Crippen LogP contribution in [0.4, 0.5) is 0 Å². The molecule has 5 heteroatoms. The molecule has 0 aliphatic heterocycles. The van der Waals surface area contributed by atoms with Gasteiger partial charge in [0, 0.05) is 18.0 Å². The molecule has 1 saturated carbocycles. The summed E-state index contributed by atoms with van der Waals surface area (Å²) in [6.45, 7) is 2.53. The molecule has 0 amide bonds. The molecule has 0 radical (unpaired) electrons. The highest BCUT2D eigenvalue weighted by Crippen LogP contribution is 2.52.